The van der Waals surface area contributed by atoms with E-state index in [0.29, 0.717) is 0 Å². The van der Waals surface area contributed by atoms with E-state index in [1.807, 2.05) is 18.2 Å². The fourth-order valence-corrected chi connectivity index (χ4v) is 2.51. The number of primary amides is 1. The van der Waals surface area contributed by atoms with Gasteiger partial charge in [0, 0.05) is 18.7 Å². The number of likely N-dealkylation sites (tertiary alicyclic amines) is 1. The molecular weight excluding hydrogens is 228 g/mol. The van der Waals surface area contributed by atoms with Gasteiger partial charge in [-0.15, -0.1) is 0 Å². The minimum atomic E-state index is -0.181. The summed E-state index contributed by atoms with van der Waals surface area (Å²) in [4.78, 5) is 13.5. The van der Waals surface area contributed by atoms with Gasteiger partial charge >= 0.3 is 0 Å². The van der Waals surface area contributed by atoms with Gasteiger partial charge in [0.2, 0.25) is 5.91 Å². The monoisotopic (exact) mass is 248 g/mol. The lowest BCUT2D eigenvalue weighted by atomic mass is 9.97. The Kier molecular flexibility index (Phi) is 4.20. The summed E-state index contributed by atoms with van der Waals surface area (Å²) in [5, 5.41) is 0. The maximum absolute atomic E-state index is 11.2. The van der Waals surface area contributed by atoms with E-state index in [2.05, 4.69) is 11.0 Å². The Bertz CT molecular complexity index is 420. The number of methoxy groups -OCH3 is 1. The molecule has 0 aliphatic carbocycles. The van der Waals surface area contributed by atoms with Crippen LogP contribution in [0.5, 0.6) is 5.75 Å². The normalized spacial score (nSPS) is 20.6. The first-order chi connectivity index (χ1) is 8.70. The van der Waals surface area contributed by atoms with Crippen LogP contribution in [0.25, 0.3) is 0 Å². The van der Waals surface area contributed by atoms with Crippen LogP contribution in [0.15, 0.2) is 24.3 Å². The SMILES string of the molecule is COc1ccccc1CN1CCC[C@H](C(N)=O)C1. The summed E-state index contributed by atoms with van der Waals surface area (Å²) in [5.74, 6) is 0.715. The van der Waals surface area contributed by atoms with Crippen molar-refractivity contribution in [3.8, 4) is 5.75 Å². The van der Waals surface area contributed by atoms with Crippen molar-refractivity contribution in [2.45, 2.75) is 19.4 Å². The van der Waals surface area contributed by atoms with Crippen molar-refractivity contribution in [3.63, 3.8) is 0 Å². The Morgan fingerprint density at radius 3 is 3.00 bits per heavy atom. The highest BCUT2D eigenvalue weighted by Gasteiger charge is 2.24. The Morgan fingerprint density at radius 2 is 2.28 bits per heavy atom. The fraction of sp³-hybridized carbons (Fsp3) is 0.500. The fourth-order valence-electron chi connectivity index (χ4n) is 2.51. The van der Waals surface area contributed by atoms with Crippen LogP contribution < -0.4 is 10.5 Å². The zero-order valence-electron chi connectivity index (χ0n) is 10.8. The summed E-state index contributed by atoms with van der Waals surface area (Å²) in [7, 11) is 1.68. The van der Waals surface area contributed by atoms with E-state index < -0.39 is 0 Å². The lowest BCUT2D eigenvalue weighted by Crippen LogP contribution is -2.40. The number of nitrogens with zero attached hydrogens (tertiary/aromatic N) is 1. The van der Waals surface area contributed by atoms with Crippen molar-refractivity contribution in [3.05, 3.63) is 29.8 Å². The molecule has 4 heteroatoms. The number of benzene rings is 1. The van der Waals surface area contributed by atoms with Crippen LogP contribution in [0.4, 0.5) is 0 Å². The Labute approximate surface area is 108 Å². The highest BCUT2D eigenvalue weighted by molar-refractivity contribution is 5.76. The van der Waals surface area contributed by atoms with E-state index in [0.717, 1.165) is 43.8 Å². The van der Waals surface area contributed by atoms with Crippen LogP contribution >= 0.6 is 0 Å². The van der Waals surface area contributed by atoms with Crippen molar-refractivity contribution in [1.82, 2.24) is 4.90 Å². The molecular formula is C14H20N2O2. The summed E-state index contributed by atoms with van der Waals surface area (Å²) < 4.78 is 5.34. The third-order valence-electron chi connectivity index (χ3n) is 3.49. The third-order valence-corrected chi connectivity index (χ3v) is 3.49. The van der Waals surface area contributed by atoms with Gasteiger partial charge in [-0.05, 0) is 25.5 Å². The smallest absolute Gasteiger partial charge is 0.221 e. The van der Waals surface area contributed by atoms with Gasteiger partial charge in [-0.1, -0.05) is 18.2 Å². The molecule has 0 saturated carbocycles. The van der Waals surface area contributed by atoms with E-state index in [1.54, 1.807) is 7.11 Å². The predicted octanol–water partition coefficient (Wildman–Crippen LogP) is 1.39. The van der Waals surface area contributed by atoms with Crippen molar-refractivity contribution >= 4 is 5.91 Å². The first-order valence-electron chi connectivity index (χ1n) is 6.34. The summed E-state index contributed by atoms with van der Waals surface area (Å²) >= 11 is 0. The number of rotatable bonds is 4. The first-order valence-corrected chi connectivity index (χ1v) is 6.34. The van der Waals surface area contributed by atoms with Gasteiger partial charge in [0.05, 0.1) is 13.0 Å². The standard InChI is InChI=1S/C14H20N2O2/c1-18-13-7-3-2-5-11(13)9-16-8-4-6-12(10-16)14(15)17/h2-3,5,7,12H,4,6,8-10H2,1H3,(H2,15,17)/t12-/m0/s1. The van der Waals surface area contributed by atoms with Crippen LogP contribution in [-0.2, 0) is 11.3 Å². The molecule has 1 atom stereocenters. The molecule has 1 aliphatic heterocycles. The van der Waals surface area contributed by atoms with Crippen molar-refractivity contribution in [2.24, 2.45) is 11.7 Å². The van der Waals surface area contributed by atoms with Crippen molar-refractivity contribution < 1.29 is 9.53 Å². The van der Waals surface area contributed by atoms with E-state index in [4.69, 9.17) is 10.5 Å². The first kappa shape index (κ1) is 12.9. The van der Waals surface area contributed by atoms with Gasteiger partial charge in [0.1, 0.15) is 5.75 Å². The van der Waals surface area contributed by atoms with Gasteiger partial charge in [0.25, 0.3) is 0 Å². The van der Waals surface area contributed by atoms with Gasteiger partial charge in [-0.3, -0.25) is 9.69 Å². The maximum Gasteiger partial charge on any atom is 0.221 e. The maximum atomic E-state index is 11.2. The molecule has 0 spiro atoms. The van der Waals surface area contributed by atoms with Crippen LogP contribution in [-0.4, -0.2) is 31.0 Å². The quantitative estimate of drug-likeness (QED) is 0.876. The number of para-hydroxylation sites is 1. The summed E-state index contributed by atoms with van der Waals surface area (Å²) in [5.41, 5.74) is 6.55. The highest BCUT2D eigenvalue weighted by atomic mass is 16.5. The Balaban J connectivity index is 2.02. The second-order valence-corrected chi connectivity index (χ2v) is 4.79. The van der Waals surface area contributed by atoms with Crippen LogP contribution in [0.1, 0.15) is 18.4 Å². The molecule has 18 heavy (non-hydrogen) atoms. The lowest BCUT2D eigenvalue weighted by Gasteiger charge is -2.31. The molecule has 2 rings (SSSR count). The number of carbonyl (C=O) groups excluding carboxylic acids is 1. The van der Waals surface area contributed by atoms with Crippen molar-refractivity contribution in [2.75, 3.05) is 20.2 Å². The number of carbonyl (C=O) groups is 1. The molecule has 1 aliphatic rings. The van der Waals surface area contributed by atoms with Crippen molar-refractivity contribution in [1.29, 1.82) is 0 Å². The number of piperidine rings is 1. The van der Waals surface area contributed by atoms with Crippen LogP contribution in [0.2, 0.25) is 0 Å². The zero-order valence-corrected chi connectivity index (χ0v) is 10.8. The van der Waals surface area contributed by atoms with Crippen LogP contribution in [0, 0.1) is 5.92 Å². The number of amides is 1. The number of nitrogens with two attached hydrogens (primary N) is 1. The molecule has 0 aromatic heterocycles. The van der Waals surface area contributed by atoms with Crippen LogP contribution in [0.3, 0.4) is 0 Å². The molecule has 98 valence electrons. The average molecular weight is 248 g/mol. The molecule has 1 saturated heterocycles. The lowest BCUT2D eigenvalue weighted by molar-refractivity contribution is -0.123. The average Bonchev–Trinajstić information content (AvgIpc) is 2.39. The molecule has 4 nitrogen and oxygen atoms in total. The topological polar surface area (TPSA) is 55.6 Å². The van der Waals surface area contributed by atoms with E-state index in [9.17, 15) is 4.79 Å². The summed E-state index contributed by atoms with van der Waals surface area (Å²) in [6, 6.07) is 8.00. The Morgan fingerprint density at radius 1 is 1.50 bits per heavy atom. The Hall–Kier alpha value is -1.55. The molecule has 1 aromatic carbocycles. The minimum absolute atomic E-state index is 0.00606. The van der Waals surface area contributed by atoms with Gasteiger partial charge in [-0.25, -0.2) is 0 Å². The van der Waals surface area contributed by atoms with E-state index in [1.165, 1.54) is 0 Å². The van der Waals surface area contributed by atoms with Gasteiger partial charge < -0.3 is 10.5 Å². The highest BCUT2D eigenvalue weighted by Crippen LogP contribution is 2.23. The molecule has 0 bridgehead atoms. The second kappa shape index (κ2) is 5.87. The van der Waals surface area contributed by atoms with Gasteiger partial charge in [-0.2, -0.15) is 0 Å². The largest absolute Gasteiger partial charge is 0.496 e. The molecule has 1 aromatic rings. The van der Waals surface area contributed by atoms with E-state index >= 15 is 0 Å². The summed E-state index contributed by atoms with van der Waals surface area (Å²) in [6.07, 6.45) is 1.94. The number of hydrogen-bond acceptors (Lipinski definition) is 3. The van der Waals surface area contributed by atoms with Gasteiger partial charge in [0.15, 0.2) is 0 Å². The zero-order chi connectivity index (χ0) is 13.0. The summed E-state index contributed by atoms with van der Waals surface area (Å²) in [6.45, 7) is 2.59. The molecule has 1 amide bonds. The molecule has 2 N–H and O–H groups in total. The second-order valence-electron chi connectivity index (χ2n) is 4.79. The van der Waals surface area contributed by atoms with E-state index in [-0.39, 0.29) is 11.8 Å². The minimum Gasteiger partial charge on any atom is -0.496 e. The third kappa shape index (κ3) is 3.01. The number of hydrogen-bond donors (Lipinski definition) is 1. The number of ether oxygens (including phenoxy) is 1. The molecule has 1 heterocycles. The predicted molar refractivity (Wildman–Crippen MR) is 70.2 cm³/mol. The molecule has 0 unspecified atom stereocenters. The molecule has 1 fully saturated rings. The molecule has 0 radical (unpaired) electrons.